The molecule has 21 nitrogen and oxygen atoms in total. The number of nitrogens with one attached hydrogen (secondary N) is 2. The number of allylic oxidation sites excluding steroid dienone is 4. The van der Waals surface area contributed by atoms with Gasteiger partial charge >= 0.3 is 0 Å². The Morgan fingerprint density at radius 3 is 2.27 bits per heavy atom. The summed E-state index contributed by atoms with van der Waals surface area (Å²) in [6.07, 6.45) is 10.1. The number of pyridine rings is 1. The molecular weight excluding hydrogens is 1100 g/mol. The minimum absolute atomic E-state index is 0.0139. The summed E-state index contributed by atoms with van der Waals surface area (Å²) in [6.45, 7) is 4.38. The van der Waals surface area contributed by atoms with Gasteiger partial charge in [-0.15, -0.1) is 10.2 Å². The summed E-state index contributed by atoms with van der Waals surface area (Å²) in [5, 5.41) is 21.0. The topological polar surface area (TPSA) is 327 Å². The van der Waals surface area contributed by atoms with E-state index in [9.17, 15) is 56.9 Å². The van der Waals surface area contributed by atoms with Gasteiger partial charge in [0.25, 0.3) is 51.3 Å². The van der Waals surface area contributed by atoms with E-state index in [1.54, 1.807) is 37.3 Å². The predicted octanol–water partition coefficient (Wildman–Crippen LogP) is 6.58. The molecule has 0 bridgehead atoms. The number of carbonyl (C=O) groups excluding carboxylic acids is 2. The summed E-state index contributed by atoms with van der Waals surface area (Å²) in [5.41, 5.74) is 3.10. The highest BCUT2D eigenvalue weighted by molar-refractivity contribution is 8.04. The SMILES string of the molecule is CCCC[n+]1c(/C=C/C(=C/C=C2\Sc3c(ccc4c(C)cc(S(=O)(=O)O)cc34)N2CCCS(=O)(=O)O)c2ccc(C(=O)NCCC(=O)Nc3nnc(S(N)(=O)=O)s3)cn2)sc2c3cc(S(=O)(=O)O)ccc3ccc21. The molecule has 0 saturated heterocycles. The molecule has 7 N–H and O–H groups in total. The second kappa shape index (κ2) is 21.7. The first-order chi connectivity index (χ1) is 34.9. The van der Waals surface area contributed by atoms with Crippen molar-refractivity contribution in [3.8, 4) is 0 Å². The number of nitrogens with zero attached hydrogens (tertiary/aromatic N) is 5. The third-order valence-electron chi connectivity index (χ3n) is 11.5. The number of benzene rings is 4. The molecule has 7 aromatic rings. The zero-order chi connectivity index (χ0) is 53.3. The Morgan fingerprint density at radius 2 is 1.59 bits per heavy atom. The van der Waals surface area contributed by atoms with E-state index in [4.69, 9.17) is 5.14 Å². The van der Waals surface area contributed by atoms with Crippen LogP contribution < -0.4 is 25.2 Å². The van der Waals surface area contributed by atoms with Crippen LogP contribution in [0.3, 0.4) is 0 Å². The summed E-state index contributed by atoms with van der Waals surface area (Å²) in [7, 11) is -17.5. The maximum absolute atomic E-state index is 13.3. The van der Waals surface area contributed by atoms with Crippen molar-refractivity contribution in [3.63, 3.8) is 0 Å². The van der Waals surface area contributed by atoms with E-state index < -0.39 is 62.3 Å². The Kier molecular flexibility index (Phi) is 15.9. The molecule has 1 aliphatic rings. The molecule has 1 aliphatic heterocycles. The van der Waals surface area contributed by atoms with Gasteiger partial charge in [-0.05, 0) is 95.7 Å². The zero-order valence-corrected chi connectivity index (χ0v) is 44.7. The van der Waals surface area contributed by atoms with Crippen LogP contribution >= 0.6 is 34.4 Å². The fraction of sp³-hybridized carbons (Fsp3) is 0.217. The lowest BCUT2D eigenvalue weighted by Crippen LogP contribution is -2.34. The van der Waals surface area contributed by atoms with Gasteiger partial charge in [-0.25, -0.2) is 13.6 Å². The second-order valence-corrected chi connectivity index (χ2v) is 25.9. The third kappa shape index (κ3) is 12.5. The first-order valence-electron chi connectivity index (χ1n) is 22.2. The maximum Gasteiger partial charge on any atom is 0.294 e. The van der Waals surface area contributed by atoms with Crippen LogP contribution in [-0.2, 0) is 51.7 Å². The molecular formula is C46H45N8O13S7+. The average molecular weight is 1140 g/mol. The molecule has 388 valence electrons. The first kappa shape index (κ1) is 54.2. The van der Waals surface area contributed by atoms with E-state index >= 15 is 0 Å². The van der Waals surface area contributed by atoms with Gasteiger partial charge in [0.1, 0.15) is 4.70 Å². The van der Waals surface area contributed by atoms with Gasteiger partial charge in [0.05, 0.1) is 37.5 Å². The third-order valence-corrected chi connectivity index (χ3v) is 18.5. The van der Waals surface area contributed by atoms with E-state index in [0.717, 1.165) is 38.8 Å². The number of fused-ring (bicyclic) bond motifs is 6. The molecule has 0 radical (unpaired) electrons. The summed E-state index contributed by atoms with van der Waals surface area (Å²) in [4.78, 5) is 32.4. The van der Waals surface area contributed by atoms with Crippen molar-refractivity contribution in [2.45, 2.75) is 65.1 Å². The van der Waals surface area contributed by atoms with E-state index in [-0.39, 0.29) is 46.4 Å². The van der Waals surface area contributed by atoms with Crippen molar-refractivity contribution in [1.82, 2.24) is 20.5 Å². The van der Waals surface area contributed by atoms with E-state index in [1.165, 1.54) is 59.6 Å². The van der Waals surface area contributed by atoms with Gasteiger partial charge in [0.2, 0.25) is 20.9 Å². The Bertz CT molecular complexity index is 3970. The second-order valence-electron chi connectivity index (χ2n) is 16.7. The standard InChI is InChI=1S/C46H44N8O13S7/c1-3-4-20-53-37-14-8-28-6-11-31(73(62,63)64)24-34(28)42(37)68-40(53)16-9-29(36-13-7-30(26-49-36)44(56)48-19-18-39(55)50-45-51-52-46(70-45)72(47,60)61)10-17-41-54(21-5-22-71(57,58)59)38-15-12-33-27(2)23-32(74(65,66)67)25-35(33)43(38)69-41/h6-17,23-26H,3-5,18-22H2,1-2H3,(H6-,47,48,50,51,55,56,57,58,59,60,61,62,63,64,65,66,67)/p+1. The number of aromatic nitrogens is 4. The number of aryl methyl sites for hydroxylation is 2. The van der Waals surface area contributed by atoms with Crippen molar-refractivity contribution in [3.05, 3.63) is 118 Å². The number of rotatable bonds is 19. The van der Waals surface area contributed by atoms with Gasteiger partial charge in [0.15, 0.2) is 6.54 Å². The highest BCUT2D eigenvalue weighted by Gasteiger charge is 2.29. The normalized spacial score (nSPS) is 14.2. The van der Waals surface area contributed by atoms with Crippen molar-refractivity contribution in [1.29, 1.82) is 0 Å². The number of nitrogens with two attached hydrogens (primary N) is 1. The van der Waals surface area contributed by atoms with Gasteiger partial charge in [-0.1, -0.05) is 66.0 Å². The molecule has 28 heteroatoms. The number of thioether (sulfide) groups is 1. The van der Waals surface area contributed by atoms with Crippen molar-refractivity contribution < 1.29 is 61.5 Å². The lowest BCUT2D eigenvalue weighted by atomic mass is 10.0. The molecule has 0 spiro atoms. The van der Waals surface area contributed by atoms with Crippen LogP contribution in [0.15, 0.2) is 115 Å². The molecule has 8 rings (SSSR count). The summed E-state index contributed by atoms with van der Waals surface area (Å²) >= 11 is 3.26. The van der Waals surface area contributed by atoms with E-state index in [1.807, 2.05) is 35.3 Å². The minimum Gasteiger partial charge on any atom is -0.351 e. The van der Waals surface area contributed by atoms with Gasteiger partial charge in [0, 0.05) is 60.1 Å². The number of amides is 2. The zero-order valence-electron chi connectivity index (χ0n) is 39.0. The van der Waals surface area contributed by atoms with Gasteiger partial charge in [-0.3, -0.25) is 28.2 Å². The molecule has 0 atom stereocenters. The van der Waals surface area contributed by atoms with Crippen molar-refractivity contribution >= 4 is 141 Å². The van der Waals surface area contributed by atoms with E-state index in [0.29, 0.717) is 61.1 Å². The molecule has 4 heterocycles. The lowest BCUT2D eigenvalue weighted by molar-refractivity contribution is -0.669. The highest BCUT2D eigenvalue weighted by Crippen LogP contribution is 2.50. The fourth-order valence-electron chi connectivity index (χ4n) is 7.94. The van der Waals surface area contributed by atoms with Crippen LogP contribution in [-0.4, -0.2) is 93.2 Å². The molecule has 0 saturated carbocycles. The molecule has 0 fully saturated rings. The number of anilines is 2. The van der Waals surface area contributed by atoms with Crippen LogP contribution in [0.1, 0.15) is 59.2 Å². The van der Waals surface area contributed by atoms with Gasteiger partial charge < -0.3 is 15.5 Å². The Morgan fingerprint density at radius 1 is 0.851 bits per heavy atom. The van der Waals surface area contributed by atoms with Crippen LogP contribution in [0.2, 0.25) is 0 Å². The summed E-state index contributed by atoms with van der Waals surface area (Å²) < 4.78 is 128. The molecule has 74 heavy (non-hydrogen) atoms. The van der Waals surface area contributed by atoms with E-state index in [2.05, 4.69) is 37.3 Å². The Hall–Kier alpha value is -6.05. The summed E-state index contributed by atoms with van der Waals surface area (Å²) in [6, 6.07) is 17.8. The van der Waals surface area contributed by atoms with Gasteiger partial charge in [-0.2, -0.15) is 29.8 Å². The quantitative estimate of drug-likeness (QED) is 0.0215. The molecule has 0 aliphatic carbocycles. The number of hydrogen-bond acceptors (Lipinski definition) is 17. The fourth-order valence-corrected chi connectivity index (χ4v) is 13.3. The van der Waals surface area contributed by atoms with Crippen LogP contribution in [0.25, 0.3) is 43.4 Å². The average Bonchev–Trinajstić information content (AvgIpc) is 4.05. The number of sulfonamides is 1. The predicted molar refractivity (Wildman–Crippen MR) is 283 cm³/mol. The Balaban J connectivity index is 1.17. The molecule has 3 aromatic heterocycles. The number of primary sulfonamides is 1. The monoisotopic (exact) mass is 1140 g/mol. The van der Waals surface area contributed by atoms with Crippen molar-refractivity contribution in [2.75, 3.05) is 29.1 Å². The molecule has 0 unspecified atom stereocenters. The van der Waals surface area contributed by atoms with Crippen LogP contribution in [0.4, 0.5) is 10.8 Å². The Labute approximate surface area is 437 Å². The number of thiazole rings is 1. The molecule has 2 amide bonds. The van der Waals surface area contributed by atoms with Crippen LogP contribution in [0.5, 0.6) is 0 Å². The van der Waals surface area contributed by atoms with Crippen LogP contribution in [0, 0.1) is 6.92 Å². The summed E-state index contributed by atoms with van der Waals surface area (Å²) in [5.74, 6) is -1.67. The molecule has 4 aromatic carbocycles. The maximum atomic E-state index is 13.3. The first-order valence-corrected chi connectivity index (χ1v) is 30.7. The highest BCUT2D eigenvalue weighted by atomic mass is 32.2. The lowest BCUT2D eigenvalue weighted by Gasteiger charge is -2.20. The number of carbonyl (C=O) groups is 2. The largest absolute Gasteiger partial charge is 0.351 e. The minimum atomic E-state index is -4.59. The number of unbranched alkanes of at least 4 members (excludes halogenated alkanes) is 1. The van der Waals surface area contributed by atoms with Crippen molar-refractivity contribution in [2.24, 2.45) is 5.14 Å². The smallest absolute Gasteiger partial charge is 0.294 e. The number of hydrogen-bond donors (Lipinski definition) is 6.